The monoisotopic (exact) mass is 299 g/mol. The van der Waals surface area contributed by atoms with Crippen molar-refractivity contribution < 1.29 is 27.8 Å². The molecule has 2 aromatic rings. The number of hydrogen-bond acceptors (Lipinski definition) is 4. The molecule has 0 unspecified atom stereocenters. The van der Waals surface area contributed by atoms with Gasteiger partial charge in [0.1, 0.15) is 29.5 Å². The fraction of sp³-hybridized carbons (Fsp3) is 0.143. The number of para-hydroxylation sites is 1. The molecule has 21 heavy (non-hydrogen) atoms. The van der Waals surface area contributed by atoms with Gasteiger partial charge >= 0.3 is 6.36 Å². The third-order valence-corrected chi connectivity index (χ3v) is 2.59. The fourth-order valence-electron chi connectivity index (χ4n) is 1.61. The van der Waals surface area contributed by atoms with Crippen LogP contribution in [0.5, 0.6) is 17.2 Å². The number of phenols is 1. The summed E-state index contributed by atoms with van der Waals surface area (Å²) in [6.45, 7) is 0.0972. The van der Waals surface area contributed by atoms with Crippen LogP contribution in [-0.4, -0.2) is 11.5 Å². The number of anilines is 1. The van der Waals surface area contributed by atoms with E-state index >= 15 is 0 Å². The lowest BCUT2D eigenvalue weighted by Gasteiger charge is -2.11. The highest BCUT2D eigenvalue weighted by Crippen LogP contribution is 2.30. The van der Waals surface area contributed by atoms with Crippen LogP contribution in [0.25, 0.3) is 0 Å². The van der Waals surface area contributed by atoms with Gasteiger partial charge in [0.2, 0.25) is 0 Å². The lowest BCUT2D eigenvalue weighted by Crippen LogP contribution is -2.17. The Balaban J connectivity index is 1.99. The average Bonchev–Trinajstić information content (AvgIpc) is 2.40. The summed E-state index contributed by atoms with van der Waals surface area (Å²) in [5, 5.41) is 9.41. The molecular weight excluding hydrogens is 287 g/mol. The van der Waals surface area contributed by atoms with E-state index in [1.807, 2.05) is 0 Å². The summed E-state index contributed by atoms with van der Waals surface area (Å²) in [5.41, 5.74) is 6.36. The molecule has 0 spiro atoms. The molecule has 0 amide bonds. The van der Waals surface area contributed by atoms with E-state index in [4.69, 9.17) is 10.5 Å². The summed E-state index contributed by atoms with van der Waals surface area (Å²) >= 11 is 0. The van der Waals surface area contributed by atoms with Crippen LogP contribution in [0.3, 0.4) is 0 Å². The maximum Gasteiger partial charge on any atom is 0.573 e. The summed E-state index contributed by atoms with van der Waals surface area (Å²) in [6.07, 6.45) is -4.71. The van der Waals surface area contributed by atoms with Crippen LogP contribution in [0.4, 0.5) is 18.9 Å². The number of halogens is 3. The quantitative estimate of drug-likeness (QED) is 0.670. The van der Waals surface area contributed by atoms with Crippen molar-refractivity contribution in [3.05, 3.63) is 48.0 Å². The third kappa shape index (κ3) is 4.20. The lowest BCUT2D eigenvalue weighted by atomic mass is 10.2. The zero-order valence-electron chi connectivity index (χ0n) is 10.7. The van der Waals surface area contributed by atoms with E-state index in [2.05, 4.69) is 4.74 Å². The Morgan fingerprint density at radius 3 is 2.33 bits per heavy atom. The van der Waals surface area contributed by atoms with Crippen molar-refractivity contribution in [2.24, 2.45) is 0 Å². The molecule has 0 saturated carbocycles. The molecule has 2 aromatic carbocycles. The van der Waals surface area contributed by atoms with E-state index in [9.17, 15) is 18.3 Å². The van der Waals surface area contributed by atoms with Crippen LogP contribution in [0.15, 0.2) is 42.5 Å². The van der Waals surface area contributed by atoms with Gasteiger partial charge in [0.25, 0.3) is 0 Å². The molecule has 0 heterocycles. The van der Waals surface area contributed by atoms with Crippen molar-refractivity contribution in [2.75, 3.05) is 5.73 Å². The predicted molar refractivity (Wildman–Crippen MR) is 70.0 cm³/mol. The van der Waals surface area contributed by atoms with Gasteiger partial charge in [0.05, 0.1) is 0 Å². The predicted octanol–water partition coefficient (Wildman–Crippen LogP) is 3.45. The first-order chi connectivity index (χ1) is 9.85. The molecular formula is C14H12F3NO3. The normalized spacial score (nSPS) is 11.2. The van der Waals surface area contributed by atoms with Crippen molar-refractivity contribution in [2.45, 2.75) is 13.0 Å². The third-order valence-electron chi connectivity index (χ3n) is 2.59. The maximum absolute atomic E-state index is 12.0. The Hall–Kier alpha value is -2.57. The maximum atomic E-state index is 12.0. The zero-order chi connectivity index (χ0) is 15.5. The van der Waals surface area contributed by atoms with E-state index in [0.29, 0.717) is 11.3 Å². The minimum absolute atomic E-state index is 0.0959. The topological polar surface area (TPSA) is 64.7 Å². The van der Waals surface area contributed by atoms with Gasteiger partial charge in [-0.1, -0.05) is 18.2 Å². The number of aromatic hydroxyl groups is 1. The molecule has 3 N–H and O–H groups in total. The van der Waals surface area contributed by atoms with Crippen molar-refractivity contribution in [1.82, 2.24) is 0 Å². The van der Waals surface area contributed by atoms with Crippen molar-refractivity contribution in [1.29, 1.82) is 0 Å². The van der Waals surface area contributed by atoms with Gasteiger partial charge in [-0.25, -0.2) is 0 Å². The fourth-order valence-corrected chi connectivity index (χ4v) is 1.61. The summed E-state index contributed by atoms with van der Waals surface area (Å²) in [6, 6.07) is 9.85. The van der Waals surface area contributed by atoms with Crippen molar-refractivity contribution in [3.63, 3.8) is 0 Å². The highest BCUT2D eigenvalue weighted by atomic mass is 19.4. The molecule has 0 aliphatic heterocycles. The Kier molecular flexibility index (Phi) is 4.11. The van der Waals surface area contributed by atoms with Gasteiger partial charge in [0, 0.05) is 0 Å². The number of rotatable bonds is 4. The summed E-state index contributed by atoms with van der Waals surface area (Å²) in [7, 11) is 0. The molecule has 2 rings (SSSR count). The van der Waals surface area contributed by atoms with E-state index in [1.54, 1.807) is 12.1 Å². The molecule has 7 heteroatoms. The van der Waals surface area contributed by atoms with Gasteiger partial charge < -0.3 is 20.3 Å². The molecule has 0 saturated heterocycles. The summed E-state index contributed by atoms with van der Waals surface area (Å²) in [5.74, 6) is -0.102. The second-order valence-electron chi connectivity index (χ2n) is 4.17. The first-order valence-corrected chi connectivity index (χ1v) is 5.90. The van der Waals surface area contributed by atoms with Crippen LogP contribution >= 0.6 is 0 Å². The minimum Gasteiger partial charge on any atom is -0.506 e. The standard InChI is InChI=1S/C14H12F3NO3/c15-14(16,17)21-10-6-4-9(5-7-10)8-20-12-3-1-2-11(19)13(12)18/h1-7,19H,8,18H2. The number of nitrogen functional groups attached to an aromatic ring is 1. The van der Waals surface area contributed by atoms with Crippen molar-refractivity contribution in [3.8, 4) is 17.2 Å². The molecule has 0 radical (unpaired) electrons. The second-order valence-corrected chi connectivity index (χ2v) is 4.17. The van der Waals surface area contributed by atoms with Crippen molar-refractivity contribution >= 4 is 5.69 Å². The zero-order valence-corrected chi connectivity index (χ0v) is 10.7. The van der Waals surface area contributed by atoms with Gasteiger partial charge in [-0.2, -0.15) is 0 Å². The first-order valence-electron chi connectivity index (χ1n) is 5.90. The van der Waals surface area contributed by atoms with Gasteiger partial charge in [0.15, 0.2) is 0 Å². The molecule has 0 bridgehead atoms. The Morgan fingerprint density at radius 2 is 1.71 bits per heavy atom. The highest BCUT2D eigenvalue weighted by molar-refractivity contribution is 5.61. The highest BCUT2D eigenvalue weighted by Gasteiger charge is 2.30. The number of ether oxygens (including phenoxy) is 2. The Labute approximate surface area is 118 Å². The summed E-state index contributed by atoms with van der Waals surface area (Å²) in [4.78, 5) is 0. The van der Waals surface area contributed by atoms with Gasteiger partial charge in [-0.3, -0.25) is 0 Å². The van der Waals surface area contributed by atoms with Crippen LogP contribution in [0.1, 0.15) is 5.56 Å². The van der Waals surface area contributed by atoms with E-state index < -0.39 is 6.36 Å². The smallest absolute Gasteiger partial charge is 0.506 e. The molecule has 112 valence electrons. The van der Waals surface area contributed by atoms with Crippen LogP contribution in [0.2, 0.25) is 0 Å². The van der Waals surface area contributed by atoms with Gasteiger partial charge in [-0.15, -0.1) is 13.2 Å². The van der Waals surface area contributed by atoms with Crippen LogP contribution in [-0.2, 0) is 6.61 Å². The molecule has 0 fully saturated rings. The number of benzene rings is 2. The SMILES string of the molecule is Nc1c(O)cccc1OCc1ccc(OC(F)(F)F)cc1. The molecule has 0 aliphatic carbocycles. The Bertz CT molecular complexity index is 612. The molecule has 0 atom stereocenters. The van der Waals surface area contributed by atoms with E-state index in [1.165, 1.54) is 30.3 Å². The molecule has 0 aliphatic rings. The number of nitrogens with two attached hydrogens (primary N) is 1. The lowest BCUT2D eigenvalue weighted by molar-refractivity contribution is -0.274. The molecule has 0 aromatic heterocycles. The average molecular weight is 299 g/mol. The van der Waals surface area contributed by atoms with E-state index in [0.717, 1.165) is 0 Å². The van der Waals surface area contributed by atoms with Crippen LogP contribution < -0.4 is 15.2 Å². The van der Waals surface area contributed by atoms with Crippen LogP contribution in [0, 0.1) is 0 Å². The second kappa shape index (κ2) is 5.82. The number of hydrogen-bond donors (Lipinski definition) is 2. The minimum atomic E-state index is -4.71. The molecule has 4 nitrogen and oxygen atoms in total. The number of alkyl halides is 3. The van der Waals surface area contributed by atoms with E-state index in [-0.39, 0.29) is 23.8 Å². The first kappa shape index (κ1) is 14.8. The Morgan fingerprint density at radius 1 is 1.05 bits per heavy atom. The summed E-state index contributed by atoms with van der Waals surface area (Å²) < 4.78 is 45.2. The largest absolute Gasteiger partial charge is 0.573 e. The number of phenolic OH excluding ortho intramolecular Hbond substituents is 1. The van der Waals surface area contributed by atoms with Gasteiger partial charge in [-0.05, 0) is 29.8 Å².